The van der Waals surface area contributed by atoms with Gasteiger partial charge in [-0.1, -0.05) is 40.2 Å². The molecule has 5 rings (SSSR count). The van der Waals surface area contributed by atoms with Crippen LogP contribution in [-0.2, 0) is 6.54 Å². The number of benzene rings is 2. The summed E-state index contributed by atoms with van der Waals surface area (Å²) in [5.41, 5.74) is 3.22. The smallest absolute Gasteiger partial charge is 0.318 e. The zero-order valence-corrected chi connectivity index (χ0v) is 18.2. The zero-order valence-electron chi connectivity index (χ0n) is 15.8. The number of urea groups is 1. The van der Waals surface area contributed by atoms with Crippen molar-refractivity contribution in [1.82, 2.24) is 9.47 Å². The van der Waals surface area contributed by atoms with Gasteiger partial charge in [-0.2, -0.15) is 0 Å². The normalized spacial score (nSPS) is 15.3. The van der Waals surface area contributed by atoms with Crippen molar-refractivity contribution in [2.75, 3.05) is 5.32 Å². The first-order chi connectivity index (χ1) is 14.6. The van der Waals surface area contributed by atoms with E-state index in [4.69, 9.17) is 0 Å². The van der Waals surface area contributed by atoms with Crippen LogP contribution < -0.4 is 5.32 Å². The second kappa shape index (κ2) is 7.74. The third-order valence-corrected chi connectivity index (χ3v) is 6.63. The highest BCUT2D eigenvalue weighted by atomic mass is 79.9. The minimum absolute atomic E-state index is 0.154. The number of hydrogen-bond acceptors (Lipinski definition) is 2. The number of anilines is 1. The summed E-state index contributed by atoms with van der Waals surface area (Å²) in [7, 11) is 0. The summed E-state index contributed by atoms with van der Waals surface area (Å²) in [6.07, 6.45) is 2.02. The monoisotopic (exact) mass is 481 g/mol. The lowest BCUT2D eigenvalue weighted by atomic mass is 10.1. The number of nitrogens with zero attached hydrogens (tertiary/aromatic N) is 2. The van der Waals surface area contributed by atoms with E-state index in [1.54, 1.807) is 28.4 Å². The first-order valence-corrected chi connectivity index (χ1v) is 11.1. The number of amides is 2. The fourth-order valence-corrected chi connectivity index (χ4v) is 5.04. The van der Waals surface area contributed by atoms with Crippen molar-refractivity contribution in [3.63, 3.8) is 0 Å². The van der Waals surface area contributed by atoms with Crippen molar-refractivity contribution < 1.29 is 9.18 Å². The van der Waals surface area contributed by atoms with E-state index in [0.717, 1.165) is 21.8 Å². The molecular weight excluding hydrogens is 465 g/mol. The van der Waals surface area contributed by atoms with Crippen LogP contribution in [0.2, 0.25) is 0 Å². The van der Waals surface area contributed by atoms with Crippen LogP contribution in [0.15, 0.2) is 82.8 Å². The van der Waals surface area contributed by atoms with Gasteiger partial charge in [0.25, 0.3) is 0 Å². The first-order valence-electron chi connectivity index (χ1n) is 9.43. The van der Waals surface area contributed by atoms with E-state index < -0.39 is 5.82 Å². The van der Waals surface area contributed by atoms with E-state index in [9.17, 15) is 9.18 Å². The molecule has 0 aliphatic carbocycles. The third-order valence-electron chi connectivity index (χ3n) is 5.21. The van der Waals surface area contributed by atoms with Crippen LogP contribution in [0.25, 0.3) is 5.69 Å². The van der Waals surface area contributed by atoms with E-state index in [0.29, 0.717) is 11.0 Å². The molecule has 0 saturated heterocycles. The average Bonchev–Trinajstić information content (AvgIpc) is 3.41. The van der Waals surface area contributed by atoms with Gasteiger partial charge in [-0.05, 0) is 53.4 Å². The number of rotatable bonds is 2. The fourth-order valence-electron chi connectivity index (χ4n) is 3.86. The number of nitrogens with one attached hydrogen (secondary N) is 1. The Morgan fingerprint density at radius 3 is 2.77 bits per heavy atom. The van der Waals surface area contributed by atoms with Crippen molar-refractivity contribution in [3.05, 3.63) is 105 Å². The molecule has 0 saturated carbocycles. The van der Waals surface area contributed by atoms with Crippen molar-refractivity contribution in [1.29, 1.82) is 0 Å². The van der Waals surface area contributed by atoms with Gasteiger partial charge < -0.3 is 14.8 Å². The van der Waals surface area contributed by atoms with Crippen LogP contribution in [0.3, 0.4) is 0 Å². The molecule has 1 atom stereocenters. The molecular formula is C23H17BrFN3OS. The molecule has 7 heteroatoms. The number of thiophene rings is 1. The van der Waals surface area contributed by atoms with Crippen LogP contribution in [0.5, 0.6) is 0 Å². The molecule has 30 heavy (non-hydrogen) atoms. The summed E-state index contributed by atoms with van der Waals surface area (Å²) in [4.78, 5) is 16.3. The lowest BCUT2D eigenvalue weighted by Crippen LogP contribution is -2.37. The maximum Gasteiger partial charge on any atom is 0.323 e. The largest absolute Gasteiger partial charge is 0.323 e. The Labute approximate surface area is 185 Å². The molecule has 2 aromatic heterocycles. The number of carbonyl (C=O) groups excluding carboxylic acids is 1. The minimum Gasteiger partial charge on any atom is -0.318 e. The van der Waals surface area contributed by atoms with Crippen LogP contribution in [0.1, 0.15) is 22.2 Å². The molecule has 0 spiro atoms. The third kappa shape index (κ3) is 3.34. The number of para-hydroxylation sites is 1. The van der Waals surface area contributed by atoms with E-state index >= 15 is 0 Å². The highest BCUT2D eigenvalue weighted by Gasteiger charge is 2.33. The Hall–Kier alpha value is -2.90. The van der Waals surface area contributed by atoms with Crippen LogP contribution >= 0.6 is 27.3 Å². The molecule has 1 aliphatic heterocycles. The summed E-state index contributed by atoms with van der Waals surface area (Å²) in [5, 5.41) is 4.77. The minimum atomic E-state index is -0.482. The molecule has 2 amide bonds. The Morgan fingerprint density at radius 2 is 1.97 bits per heavy atom. The van der Waals surface area contributed by atoms with Crippen molar-refractivity contribution in [2.45, 2.75) is 12.6 Å². The number of carbonyl (C=O) groups is 1. The molecule has 0 fully saturated rings. The molecule has 0 bridgehead atoms. The highest BCUT2D eigenvalue weighted by molar-refractivity contribution is 9.10. The Balaban J connectivity index is 1.61. The SMILES string of the molecule is O=C(Nc1ccc(Br)cc1F)N1Cc2ccccc2-n2cccc2[C@H]1c1cccs1. The average molecular weight is 482 g/mol. The molecule has 1 aliphatic rings. The van der Waals surface area contributed by atoms with Gasteiger partial charge in [0.05, 0.1) is 23.6 Å². The molecule has 1 N–H and O–H groups in total. The van der Waals surface area contributed by atoms with Gasteiger partial charge in [0.1, 0.15) is 11.9 Å². The van der Waals surface area contributed by atoms with E-state index in [2.05, 4.69) is 31.9 Å². The maximum atomic E-state index is 14.4. The highest BCUT2D eigenvalue weighted by Crippen LogP contribution is 2.38. The van der Waals surface area contributed by atoms with Crippen LogP contribution in [-0.4, -0.2) is 15.5 Å². The van der Waals surface area contributed by atoms with Crippen molar-refractivity contribution >= 4 is 39.0 Å². The molecule has 0 radical (unpaired) electrons. The standard InChI is InChI=1S/C23H17BrFN3OS/c24-16-9-10-18(17(25)13-16)26-23(29)28-14-15-5-1-2-6-19(15)27-11-3-7-20(27)22(28)21-8-4-12-30-21/h1-13,22H,14H2,(H,26,29)/t22-/m0/s1. The fraction of sp³-hybridized carbons (Fsp3) is 0.0870. The summed E-state index contributed by atoms with van der Waals surface area (Å²) in [6.45, 7) is 0.407. The molecule has 4 nitrogen and oxygen atoms in total. The quantitative estimate of drug-likeness (QED) is 0.345. The second-order valence-corrected chi connectivity index (χ2v) is 8.93. The summed E-state index contributed by atoms with van der Waals surface area (Å²) < 4.78 is 17.1. The zero-order chi connectivity index (χ0) is 20.7. The number of fused-ring (bicyclic) bond motifs is 3. The Morgan fingerprint density at radius 1 is 1.10 bits per heavy atom. The summed E-state index contributed by atoms with van der Waals surface area (Å²) >= 11 is 4.85. The Bertz CT molecular complexity index is 1220. The molecule has 2 aromatic carbocycles. The van der Waals surface area contributed by atoms with Gasteiger partial charge in [0, 0.05) is 15.5 Å². The van der Waals surface area contributed by atoms with Gasteiger partial charge >= 0.3 is 6.03 Å². The van der Waals surface area contributed by atoms with Gasteiger partial charge in [-0.15, -0.1) is 11.3 Å². The Kier molecular flexibility index (Phi) is 4.92. The van der Waals surface area contributed by atoms with Crippen molar-refractivity contribution in [2.24, 2.45) is 0 Å². The summed E-state index contributed by atoms with van der Waals surface area (Å²) in [5.74, 6) is -0.482. The van der Waals surface area contributed by atoms with Crippen LogP contribution in [0.4, 0.5) is 14.9 Å². The predicted octanol–water partition coefficient (Wildman–Crippen LogP) is 6.58. The van der Waals surface area contributed by atoms with Crippen molar-refractivity contribution in [3.8, 4) is 5.69 Å². The number of hydrogen-bond donors (Lipinski definition) is 1. The molecule has 4 aromatic rings. The molecule has 3 heterocycles. The van der Waals surface area contributed by atoms with Gasteiger partial charge in [-0.3, -0.25) is 0 Å². The first kappa shape index (κ1) is 19.1. The predicted molar refractivity (Wildman–Crippen MR) is 121 cm³/mol. The second-order valence-electron chi connectivity index (χ2n) is 7.03. The van der Waals surface area contributed by atoms with E-state index in [1.807, 2.05) is 54.0 Å². The molecule has 0 unspecified atom stereocenters. The van der Waals surface area contributed by atoms with E-state index in [1.165, 1.54) is 6.07 Å². The molecule has 150 valence electrons. The lowest BCUT2D eigenvalue weighted by molar-refractivity contribution is 0.195. The van der Waals surface area contributed by atoms with Gasteiger partial charge in [0.2, 0.25) is 0 Å². The summed E-state index contributed by atoms with van der Waals surface area (Å²) in [6, 6.07) is 20.1. The number of aromatic nitrogens is 1. The lowest BCUT2D eigenvalue weighted by Gasteiger charge is -2.30. The van der Waals surface area contributed by atoms with Gasteiger partial charge in [-0.25, -0.2) is 9.18 Å². The topological polar surface area (TPSA) is 37.3 Å². The van der Waals surface area contributed by atoms with E-state index in [-0.39, 0.29) is 17.8 Å². The van der Waals surface area contributed by atoms with Gasteiger partial charge in [0.15, 0.2) is 0 Å². The number of halogens is 2. The maximum absolute atomic E-state index is 14.4. The van der Waals surface area contributed by atoms with Crippen LogP contribution in [0, 0.1) is 5.82 Å².